The first-order chi connectivity index (χ1) is 10.7. The van der Waals surface area contributed by atoms with Gasteiger partial charge in [0.1, 0.15) is 0 Å². The number of carbonyl (C=O) groups is 3. The minimum atomic E-state index is -3.14. The fourth-order valence-electron chi connectivity index (χ4n) is 2.31. The Morgan fingerprint density at radius 1 is 1.22 bits per heavy atom. The van der Waals surface area contributed by atoms with Gasteiger partial charge in [-0.3, -0.25) is 14.4 Å². The van der Waals surface area contributed by atoms with Crippen LogP contribution in [0.25, 0.3) is 0 Å². The molecule has 0 aromatic heterocycles. The fourth-order valence-corrected chi connectivity index (χ4v) is 4.08. The molecule has 0 saturated carbocycles. The van der Waals surface area contributed by atoms with Gasteiger partial charge in [-0.15, -0.1) is 0 Å². The van der Waals surface area contributed by atoms with Gasteiger partial charge in [0.05, 0.1) is 11.5 Å². The molecule has 9 heteroatoms. The molecule has 1 atom stereocenters. The Morgan fingerprint density at radius 2 is 1.83 bits per heavy atom. The van der Waals surface area contributed by atoms with E-state index in [4.69, 9.17) is 5.73 Å². The van der Waals surface area contributed by atoms with Gasteiger partial charge in [0.2, 0.25) is 5.91 Å². The predicted molar refractivity (Wildman–Crippen MR) is 83.4 cm³/mol. The molecule has 1 aromatic carbocycles. The number of rotatable bonds is 3. The van der Waals surface area contributed by atoms with E-state index in [-0.39, 0.29) is 17.1 Å². The van der Waals surface area contributed by atoms with Crippen LogP contribution in [0.3, 0.4) is 0 Å². The Kier molecular flexibility index (Phi) is 4.69. The number of nitrogens with two attached hydrogens (primary N) is 1. The van der Waals surface area contributed by atoms with Crippen LogP contribution >= 0.6 is 0 Å². The summed E-state index contributed by atoms with van der Waals surface area (Å²) in [5, 5.41) is 2.40. The first-order valence-electron chi connectivity index (χ1n) is 6.88. The molecule has 0 bridgehead atoms. The number of nitrogens with one attached hydrogen (secondary N) is 1. The third kappa shape index (κ3) is 4.07. The van der Waals surface area contributed by atoms with Crippen molar-refractivity contribution in [2.45, 2.75) is 12.5 Å². The number of anilines is 1. The molecule has 2 rings (SSSR count). The molecule has 23 heavy (non-hydrogen) atoms. The molecule has 3 amide bonds. The van der Waals surface area contributed by atoms with E-state index in [0.29, 0.717) is 12.1 Å². The van der Waals surface area contributed by atoms with Crippen molar-refractivity contribution in [3.63, 3.8) is 0 Å². The maximum absolute atomic E-state index is 12.1. The molecule has 1 saturated heterocycles. The molecule has 1 aliphatic heterocycles. The van der Waals surface area contributed by atoms with Gasteiger partial charge in [-0.05, 0) is 30.7 Å². The second-order valence-electron chi connectivity index (χ2n) is 5.37. The lowest BCUT2D eigenvalue weighted by Crippen LogP contribution is -2.43. The monoisotopic (exact) mass is 339 g/mol. The summed E-state index contributed by atoms with van der Waals surface area (Å²) in [6.07, 6.45) is 0.325. The summed E-state index contributed by atoms with van der Waals surface area (Å²) in [4.78, 5) is 36.1. The number of primary amides is 1. The molecule has 1 unspecified atom stereocenters. The van der Waals surface area contributed by atoms with Gasteiger partial charge >= 0.3 is 11.8 Å². The van der Waals surface area contributed by atoms with E-state index in [1.165, 1.54) is 31.3 Å². The van der Waals surface area contributed by atoms with E-state index < -0.39 is 33.6 Å². The van der Waals surface area contributed by atoms with E-state index in [9.17, 15) is 22.8 Å². The molecule has 124 valence electrons. The first-order valence-corrected chi connectivity index (χ1v) is 8.70. The number of benzene rings is 1. The van der Waals surface area contributed by atoms with Gasteiger partial charge in [0.25, 0.3) is 0 Å². The van der Waals surface area contributed by atoms with Crippen molar-refractivity contribution >= 4 is 33.2 Å². The van der Waals surface area contributed by atoms with Crippen LogP contribution in [-0.4, -0.2) is 55.6 Å². The average Bonchev–Trinajstić information content (AvgIpc) is 2.86. The Bertz CT molecular complexity index is 742. The zero-order valence-electron chi connectivity index (χ0n) is 12.5. The Hall–Kier alpha value is -2.42. The number of sulfone groups is 1. The van der Waals surface area contributed by atoms with Crippen LogP contribution in [-0.2, 0) is 19.4 Å². The molecule has 1 aliphatic rings. The van der Waals surface area contributed by atoms with Gasteiger partial charge in [-0.1, -0.05) is 0 Å². The minimum Gasteiger partial charge on any atom is -0.366 e. The van der Waals surface area contributed by atoms with Crippen molar-refractivity contribution < 1.29 is 22.8 Å². The summed E-state index contributed by atoms with van der Waals surface area (Å²) in [5.74, 6) is -2.39. The maximum atomic E-state index is 12.1. The zero-order chi connectivity index (χ0) is 17.2. The van der Waals surface area contributed by atoms with E-state index in [0.717, 1.165) is 4.90 Å². The van der Waals surface area contributed by atoms with Gasteiger partial charge in [-0.25, -0.2) is 8.42 Å². The van der Waals surface area contributed by atoms with Gasteiger partial charge in [0, 0.05) is 24.3 Å². The quantitative estimate of drug-likeness (QED) is 0.709. The molecule has 0 radical (unpaired) electrons. The lowest BCUT2D eigenvalue weighted by molar-refractivity contribution is -0.143. The minimum absolute atomic E-state index is 0.0193. The van der Waals surface area contributed by atoms with Crippen LogP contribution in [0.5, 0.6) is 0 Å². The second-order valence-corrected chi connectivity index (χ2v) is 7.60. The van der Waals surface area contributed by atoms with E-state index in [2.05, 4.69) is 5.32 Å². The smallest absolute Gasteiger partial charge is 0.313 e. The summed E-state index contributed by atoms with van der Waals surface area (Å²) >= 11 is 0. The SMILES string of the molecule is CN(C(=O)C(=O)Nc1ccc(C(N)=O)cc1)C1CCS(=O)(=O)C1. The van der Waals surface area contributed by atoms with Gasteiger partial charge in [-0.2, -0.15) is 0 Å². The van der Waals surface area contributed by atoms with Crippen molar-refractivity contribution in [1.29, 1.82) is 0 Å². The molecular weight excluding hydrogens is 322 g/mol. The largest absolute Gasteiger partial charge is 0.366 e. The van der Waals surface area contributed by atoms with Crippen molar-refractivity contribution in [2.24, 2.45) is 5.73 Å². The number of nitrogens with zero attached hydrogens (tertiary/aromatic N) is 1. The van der Waals surface area contributed by atoms with Crippen molar-refractivity contribution in [3.8, 4) is 0 Å². The molecule has 1 fully saturated rings. The lowest BCUT2D eigenvalue weighted by Gasteiger charge is -2.22. The Labute approximate surface area is 133 Å². The molecule has 0 spiro atoms. The molecular formula is C14H17N3O5S. The average molecular weight is 339 g/mol. The maximum Gasteiger partial charge on any atom is 0.313 e. The summed E-state index contributed by atoms with van der Waals surface area (Å²) in [6, 6.07) is 5.26. The second kappa shape index (κ2) is 6.37. The van der Waals surface area contributed by atoms with E-state index in [1.54, 1.807) is 0 Å². The first kappa shape index (κ1) is 16.9. The highest BCUT2D eigenvalue weighted by molar-refractivity contribution is 7.91. The molecule has 3 N–H and O–H groups in total. The lowest BCUT2D eigenvalue weighted by atomic mass is 10.2. The Balaban J connectivity index is 1.99. The molecule has 0 aliphatic carbocycles. The van der Waals surface area contributed by atoms with Crippen LogP contribution in [0.1, 0.15) is 16.8 Å². The van der Waals surface area contributed by atoms with E-state index >= 15 is 0 Å². The number of likely N-dealkylation sites (N-methyl/N-ethyl adjacent to an activating group) is 1. The van der Waals surface area contributed by atoms with Crippen molar-refractivity contribution in [2.75, 3.05) is 23.9 Å². The van der Waals surface area contributed by atoms with Crippen molar-refractivity contribution in [3.05, 3.63) is 29.8 Å². The number of amides is 3. The number of carbonyl (C=O) groups excluding carboxylic acids is 3. The number of hydrogen-bond donors (Lipinski definition) is 2. The van der Waals surface area contributed by atoms with Crippen LogP contribution in [0, 0.1) is 0 Å². The molecule has 1 aromatic rings. The van der Waals surface area contributed by atoms with Crippen LogP contribution in [0.2, 0.25) is 0 Å². The van der Waals surface area contributed by atoms with Crippen LogP contribution in [0.15, 0.2) is 24.3 Å². The van der Waals surface area contributed by atoms with Crippen LogP contribution < -0.4 is 11.1 Å². The highest BCUT2D eigenvalue weighted by atomic mass is 32.2. The summed E-state index contributed by atoms with van der Waals surface area (Å²) in [6.45, 7) is 0. The topological polar surface area (TPSA) is 127 Å². The van der Waals surface area contributed by atoms with Gasteiger partial charge < -0.3 is 16.0 Å². The highest BCUT2D eigenvalue weighted by Gasteiger charge is 2.34. The molecule has 1 heterocycles. The standard InChI is InChI=1S/C14H17N3O5S/c1-17(11-6-7-23(21,22)8-11)14(20)13(19)16-10-4-2-9(3-5-10)12(15)18/h2-5,11H,6-8H2,1H3,(H2,15,18)(H,16,19). The number of hydrogen-bond acceptors (Lipinski definition) is 5. The van der Waals surface area contributed by atoms with Crippen LogP contribution in [0.4, 0.5) is 5.69 Å². The third-order valence-corrected chi connectivity index (χ3v) is 5.45. The van der Waals surface area contributed by atoms with Crippen molar-refractivity contribution in [1.82, 2.24) is 4.90 Å². The van der Waals surface area contributed by atoms with E-state index in [1.807, 2.05) is 0 Å². The van der Waals surface area contributed by atoms with Gasteiger partial charge in [0.15, 0.2) is 9.84 Å². The normalized spacial score (nSPS) is 19.1. The summed E-state index contributed by atoms with van der Waals surface area (Å²) in [7, 11) is -1.73. The third-order valence-electron chi connectivity index (χ3n) is 3.70. The highest BCUT2D eigenvalue weighted by Crippen LogP contribution is 2.17. The Morgan fingerprint density at radius 3 is 2.30 bits per heavy atom. The predicted octanol–water partition coefficient (Wildman–Crippen LogP) is -0.630. The zero-order valence-corrected chi connectivity index (χ0v) is 13.3. The summed E-state index contributed by atoms with van der Waals surface area (Å²) < 4.78 is 22.9. The fraction of sp³-hybridized carbons (Fsp3) is 0.357. The molecule has 8 nitrogen and oxygen atoms in total. The summed E-state index contributed by atoms with van der Waals surface area (Å²) in [5.41, 5.74) is 5.72.